The van der Waals surface area contributed by atoms with Crippen LogP contribution in [-0.2, 0) is 19.4 Å². The predicted molar refractivity (Wildman–Crippen MR) is 109 cm³/mol. The maximum atomic E-state index is 12.7. The van der Waals surface area contributed by atoms with Crippen LogP contribution < -0.4 is 10.6 Å². The van der Waals surface area contributed by atoms with Crippen molar-refractivity contribution in [1.29, 1.82) is 0 Å². The fourth-order valence-electron chi connectivity index (χ4n) is 3.97. The number of carbonyl (C=O) groups is 2. The molecule has 3 rings (SSSR count). The molecule has 2 aliphatic rings. The second kappa shape index (κ2) is 9.24. The Labute approximate surface area is 171 Å². The van der Waals surface area contributed by atoms with Crippen molar-refractivity contribution >= 4 is 39.8 Å². The third-order valence-electron chi connectivity index (χ3n) is 5.29. The molecular weight excluding hydrogens is 404 g/mol. The van der Waals surface area contributed by atoms with E-state index < -0.39 is 15.8 Å². The molecule has 7 nitrogen and oxygen atoms in total. The summed E-state index contributed by atoms with van der Waals surface area (Å²) in [5.74, 6) is -0.305. The van der Waals surface area contributed by atoms with Crippen LogP contribution in [0, 0.1) is 5.92 Å². The summed E-state index contributed by atoms with van der Waals surface area (Å²) in [5, 5.41) is 6.16. The summed E-state index contributed by atoms with van der Waals surface area (Å²) in [4.78, 5) is 24.7. The summed E-state index contributed by atoms with van der Waals surface area (Å²) < 4.78 is 28.9. The number of nitrogens with one attached hydrogen (secondary N) is 2. The minimum absolute atomic E-state index is 0. The van der Waals surface area contributed by atoms with Crippen molar-refractivity contribution < 1.29 is 22.7 Å². The van der Waals surface area contributed by atoms with Crippen LogP contribution >= 0.6 is 12.4 Å². The number of halogens is 1. The van der Waals surface area contributed by atoms with E-state index in [2.05, 4.69) is 10.6 Å². The highest BCUT2D eigenvalue weighted by atomic mass is 35.5. The lowest BCUT2D eigenvalue weighted by atomic mass is 9.85. The Morgan fingerprint density at radius 2 is 1.93 bits per heavy atom. The number of anilines is 1. The van der Waals surface area contributed by atoms with Crippen LogP contribution in [0.3, 0.4) is 0 Å². The molecule has 28 heavy (non-hydrogen) atoms. The van der Waals surface area contributed by atoms with E-state index in [0.29, 0.717) is 12.0 Å². The maximum Gasteiger partial charge on any atom is 0.338 e. The molecular formula is C19H27ClN2O5S. The van der Waals surface area contributed by atoms with Crippen molar-refractivity contribution in [2.24, 2.45) is 5.92 Å². The van der Waals surface area contributed by atoms with Gasteiger partial charge >= 0.3 is 5.97 Å². The number of hydrogen-bond acceptors (Lipinski definition) is 6. The molecule has 0 spiro atoms. The first kappa shape index (κ1) is 22.6. The van der Waals surface area contributed by atoms with E-state index in [0.717, 1.165) is 25.5 Å². The molecule has 1 aromatic carbocycles. The average Bonchev–Trinajstić information content (AvgIpc) is 3.05. The molecule has 9 heteroatoms. The number of carbonyl (C=O) groups excluding carboxylic acids is 2. The molecule has 1 saturated carbocycles. The molecule has 2 fully saturated rings. The van der Waals surface area contributed by atoms with Crippen LogP contribution in [0.1, 0.15) is 49.4 Å². The highest BCUT2D eigenvalue weighted by Gasteiger charge is 2.38. The molecule has 0 aromatic heterocycles. The molecule has 1 aliphatic carbocycles. The number of hydrogen-bond donors (Lipinski definition) is 2. The lowest BCUT2D eigenvalue weighted by molar-refractivity contribution is -0.117. The van der Waals surface area contributed by atoms with E-state index in [1.54, 1.807) is 6.92 Å². The van der Waals surface area contributed by atoms with Gasteiger partial charge in [0.05, 0.1) is 23.1 Å². The van der Waals surface area contributed by atoms with Crippen molar-refractivity contribution in [1.82, 2.24) is 5.32 Å². The second-order valence-corrected chi connectivity index (χ2v) is 9.35. The van der Waals surface area contributed by atoms with E-state index in [-0.39, 0.29) is 47.1 Å². The van der Waals surface area contributed by atoms with Crippen molar-refractivity contribution in [3.63, 3.8) is 0 Å². The Balaban J connectivity index is 0.00000280. The molecule has 1 saturated heterocycles. The number of esters is 1. The number of ether oxygens (including phenoxy) is 1. The van der Waals surface area contributed by atoms with Crippen molar-refractivity contribution in [3.8, 4) is 0 Å². The minimum Gasteiger partial charge on any atom is -0.462 e. The minimum atomic E-state index is -3.54. The lowest BCUT2D eigenvalue weighted by Crippen LogP contribution is -2.39. The summed E-state index contributed by atoms with van der Waals surface area (Å²) in [6.45, 7) is 1.85. The van der Waals surface area contributed by atoms with E-state index in [4.69, 9.17) is 4.74 Å². The zero-order valence-electron chi connectivity index (χ0n) is 16.1. The van der Waals surface area contributed by atoms with E-state index in [1.807, 2.05) is 0 Å². The van der Waals surface area contributed by atoms with Crippen molar-refractivity contribution in [2.45, 2.75) is 56.0 Å². The molecule has 3 unspecified atom stereocenters. The zero-order chi connectivity index (χ0) is 19.6. The molecule has 0 bridgehead atoms. The van der Waals surface area contributed by atoms with Gasteiger partial charge < -0.3 is 15.4 Å². The van der Waals surface area contributed by atoms with Gasteiger partial charge in [-0.15, -0.1) is 12.4 Å². The second-order valence-electron chi connectivity index (χ2n) is 7.33. The summed E-state index contributed by atoms with van der Waals surface area (Å²) in [7, 11) is -3.54. The van der Waals surface area contributed by atoms with E-state index in [9.17, 15) is 18.0 Å². The molecule has 1 heterocycles. The van der Waals surface area contributed by atoms with Gasteiger partial charge in [-0.25, -0.2) is 13.2 Å². The van der Waals surface area contributed by atoms with Crippen molar-refractivity contribution in [2.75, 3.05) is 18.2 Å². The standard InChI is InChI=1S/C19H26N2O5S.ClH/c1-3-26-19(23)13-8-14(11-15(9-13)27(2,24)25)20-18(22)17-10-12-6-4-5-7-16(12)21-17;/h8-9,11-12,16-17,21H,3-7,10H2,1-2H3,(H,20,22);1H. The Kier molecular flexibility index (Phi) is 7.47. The van der Waals surface area contributed by atoms with Gasteiger partial charge in [0.2, 0.25) is 5.91 Å². The number of rotatable bonds is 5. The van der Waals surface area contributed by atoms with Gasteiger partial charge in [-0.2, -0.15) is 0 Å². The van der Waals surface area contributed by atoms with E-state index in [1.165, 1.54) is 31.0 Å². The van der Waals surface area contributed by atoms with Gasteiger partial charge in [-0.1, -0.05) is 12.8 Å². The Hall–Kier alpha value is -1.64. The largest absolute Gasteiger partial charge is 0.462 e. The molecule has 3 atom stereocenters. The molecule has 1 aliphatic heterocycles. The average molecular weight is 431 g/mol. The number of fused-ring (bicyclic) bond motifs is 1. The van der Waals surface area contributed by atoms with Crippen LogP contribution in [0.4, 0.5) is 5.69 Å². The SMILES string of the molecule is CCOC(=O)c1cc(NC(=O)C2CC3CCCCC3N2)cc(S(C)(=O)=O)c1.Cl. The quantitative estimate of drug-likeness (QED) is 0.696. The topological polar surface area (TPSA) is 102 Å². The fraction of sp³-hybridized carbons (Fsp3) is 0.579. The summed E-state index contributed by atoms with van der Waals surface area (Å²) in [6.07, 6.45) is 6.46. The van der Waals surface area contributed by atoms with Crippen molar-refractivity contribution in [3.05, 3.63) is 23.8 Å². The van der Waals surface area contributed by atoms with Crippen LogP contribution in [0.25, 0.3) is 0 Å². The highest BCUT2D eigenvalue weighted by molar-refractivity contribution is 7.90. The van der Waals surface area contributed by atoms with Crippen LogP contribution in [0.2, 0.25) is 0 Å². The van der Waals surface area contributed by atoms with E-state index >= 15 is 0 Å². The Bertz CT molecular complexity index is 829. The van der Waals surface area contributed by atoms with Gasteiger partial charge in [0, 0.05) is 18.0 Å². The van der Waals surface area contributed by atoms with Crippen LogP contribution in [0.15, 0.2) is 23.1 Å². The van der Waals surface area contributed by atoms with Gasteiger partial charge in [0.1, 0.15) is 0 Å². The van der Waals surface area contributed by atoms with Crippen LogP contribution in [0.5, 0.6) is 0 Å². The third-order valence-corrected chi connectivity index (χ3v) is 6.38. The maximum absolute atomic E-state index is 12.7. The van der Waals surface area contributed by atoms with Gasteiger partial charge in [-0.05, 0) is 50.3 Å². The smallest absolute Gasteiger partial charge is 0.338 e. The Morgan fingerprint density at radius 1 is 1.21 bits per heavy atom. The lowest BCUT2D eigenvalue weighted by Gasteiger charge is -2.24. The van der Waals surface area contributed by atoms with Crippen LogP contribution in [-0.4, -0.2) is 45.2 Å². The third kappa shape index (κ3) is 5.24. The first-order valence-corrected chi connectivity index (χ1v) is 11.3. The fourth-order valence-corrected chi connectivity index (χ4v) is 4.65. The number of sulfone groups is 1. The van der Waals surface area contributed by atoms with Gasteiger partial charge in [-0.3, -0.25) is 4.79 Å². The predicted octanol–water partition coefficient (Wildman–Crippen LogP) is 2.55. The Morgan fingerprint density at radius 3 is 2.57 bits per heavy atom. The summed E-state index contributed by atoms with van der Waals surface area (Å²) in [5.41, 5.74) is 0.380. The van der Waals surface area contributed by atoms with Gasteiger partial charge in [0.25, 0.3) is 0 Å². The molecule has 0 radical (unpaired) electrons. The molecule has 2 N–H and O–H groups in total. The summed E-state index contributed by atoms with van der Waals surface area (Å²) in [6, 6.07) is 4.17. The first-order chi connectivity index (χ1) is 12.8. The van der Waals surface area contributed by atoms with Gasteiger partial charge in [0.15, 0.2) is 9.84 Å². The monoisotopic (exact) mass is 430 g/mol. The highest BCUT2D eigenvalue weighted by Crippen LogP contribution is 2.33. The number of amides is 1. The first-order valence-electron chi connectivity index (χ1n) is 9.37. The molecule has 156 valence electrons. The zero-order valence-corrected chi connectivity index (χ0v) is 17.7. The normalized spacial score (nSPS) is 24.0. The molecule has 1 amide bonds. The number of benzene rings is 1. The molecule has 1 aromatic rings. The summed E-state index contributed by atoms with van der Waals surface area (Å²) >= 11 is 0.